The van der Waals surface area contributed by atoms with Crippen LogP contribution in [-0.2, 0) is 16.2 Å². The van der Waals surface area contributed by atoms with Crippen molar-refractivity contribution in [3.05, 3.63) is 29.8 Å². The van der Waals surface area contributed by atoms with Crippen molar-refractivity contribution >= 4 is 22.4 Å². The predicted molar refractivity (Wildman–Crippen MR) is 79.5 cm³/mol. The van der Waals surface area contributed by atoms with Crippen molar-refractivity contribution in [3.8, 4) is 0 Å². The Morgan fingerprint density at radius 2 is 1.73 bits per heavy atom. The molecule has 126 valence electrons. The van der Waals surface area contributed by atoms with E-state index in [4.69, 9.17) is 0 Å². The van der Waals surface area contributed by atoms with E-state index in [1.54, 1.807) is 0 Å². The maximum Gasteiger partial charge on any atom is 0.417 e. The fraction of sp³-hybridized carbons (Fsp3) is 0.538. The van der Waals surface area contributed by atoms with Gasteiger partial charge in [0.2, 0.25) is 10.0 Å². The molecule has 1 aliphatic rings. The van der Waals surface area contributed by atoms with E-state index in [0.717, 1.165) is 16.4 Å². The van der Waals surface area contributed by atoms with Crippen molar-refractivity contribution < 1.29 is 21.6 Å². The van der Waals surface area contributed by atoms with Crippen LogP contribution >= 0.6 is 12.4 Å². The van der Waals surface area contributed by atoms with Crippen molar-refractivity contribution in [1.29, 1.82) is 0 Å². The van der Waals surface area contributed by atoms with Crippen molar-refractivity contribution in [2.24, 2.45) is 0 Å². The van der Waals surface area contributed by atoms with Gasteiger partial charge < -0.3 is 5.32 Å². The Hall–Kier alpha value is -0.830. The summed E-state index contributed by atoms with van der Waals surface area (Å²) in [4.78, 5) is -0.682. The molecular weight excluding hydrogens is 341 g/mol. The molecule has 22 heavy (non-hydrogen) atoms. The van der Waals surface area contributed by atoms with Crippen molar-refractivity contribution in [2.45, 2.75) is 30.0 Å². The third-order valence-electron chi connectivity index (χ3n) is 3.67. The molecule has 1 saturated heterocycles. The summed E-state index contributed by atoms with van der Waals surface area (Å²) in [5, 5.41) is 3.09. The van der Waals surface area contributed by atoms with E-state index in [2.05, 4.69) is 5.32 Å². The molecule has 0 saturated carbocycles. The van der Waals surface area contributed by atoms with Crippen LogP contribution < -0.4 is 5.32 Å². The Bertz CT molecular complexity index is 602. The van der Waals surface area contributed by atoms with Crippen molar-refractivity contribution in [1.82, 2.24) is 9.62 Å². The van der Waals surface area contributed by atoms with Gasteiger partial charge in [-0.15, -0.1) is 12.4 Å². The zero-order chi connectivity index (χ0) is 15.7. The molecule has 1 fully saturated rings. The highest BCUT2D eigenvalue weighted by molar-refractivity contribution is 7.89. The monoisotopic (exact) mass is 358 g/mol. The average molecular weight is 359 g/mol. The molecule has 0 spiro atoms. The number of piperidine rings is 1. The molecule has 1 heterocycles. The van der Waals surface area contributed by atoms with Crippen molar-refractivity contribution in [2.75, 3.05) is 20.1 Å². The zero-order valence-electron chi connectivity index (χ0n) is 11.9. The first kappa shape index (κ1) is 19.2. The number of nitrogens with one attached hydrogen (secondary N) is 1. The summed E-state index contributed by atoms with van der Waals surface area (Å²) in [5.41, 5.74) is -1.12. The van der Waals surface area contributed by atoms with Gasteiger partial charge >= 0.3 is 6.18 Å². The topological polar surface area (TPSA) is 49.4 Å². The van der Waals surface area contributed by atoms with Crippen LogP contribution in [0.2, 0.25) is 0 Å². The number of hydrogen-bond donors (Lipinski definition) is 1. The van der Waals surface area contributed by atoms with Crippen LogP contribution in [0.25, 0.3) is 0 Å². The quantitative estimate of drug-likeness (QED) is 0.903. The third-order valence-corrected chi connectivity index (χ3v) is 5.64. The lowest BCUT2D eigenvalue weighted by atomic mass is 10.1. The molecule has 0 bridgehead atoms. The van der Waals surface area contributed by atoms with Gasteiger partial charge in [0.15, 0.2) is 0 Å². The van der Waals surface area contributed by atoms with Crippen LogP contribution in [0.3, 0.4) is 0 Å². The van der Waals surface area contributed by atoms with E-state index in [1.165, 1.54) is 19.2 Å². The van der Waals surface area contributed by atoms with E-state index < -0.39 is 26.7 Å². The smallest absolute Gasteiger partial charge is 0.317 e. The van der Waals surface area contributed by atoms with Gasteiger partial charge in [0.25, 0.3) is 0 Å². The van der Waals surface area contributed by atoms with E-state index in [9.17, 15) is 21.6 Å². The lowest BCUT2D eigenvalue weighted by Crippen LogP contribution is -2.44. The van der Waals surface area contributed by atoms with Crippen LogP contribution in [0.5, 0.6) is 0 Å². The first-order chi connectivity index (χ1) is 9.74. The van der Waals surface area contributed by atoms with Gasteiger partial charge in [0.05, 0.1) is 10.5 Å². The van der Waals surface area contributed by atoms with Crippen LogP contribution in [-0.4, -0.2) is 38.9 Å². The summed E-state index contributed by atoms with van der Waals surface area (Å²) < 4.78 is 65.1. The Morgan fingerprint density at radius 1 is 1.18 bits per heavy atom. The summed E-state index contributed by atoms with van der Waals surface area (Å²) in [7, 11) is -2.82. The number of alkyl halides is 3. The molecule has 1 aromatic rings. The third kappa shape index (κ3) is 3.92. The molecule has 9 heteroatoms. The Morgan fingerprint density at radius 3 is 2.27 bits per heavy atom. The summed E-state index contributed by atoms with van der Waals surface area (Å²) in [6.07, 6.45) is -3.52. The van der Waals surface area contributed by atoms with Crippen LogP contribution in [0.1, 0.15) is 18.4 Å². The van der Waals surface area contributed by atoms with E-state index >= 15 is 0 Å². The summed E-state index contributed by atoms with van der Waals surface area (Å²) >= 11 is 0. The van der Waals surface area contributed by atoms with E-state index in [-0.39, 0.29) is 18.4 Å². The standard InChI is InChI=1S/C13H17F3N2O2S.ClH/c1-18(10-6-8-17-9-7-10)21(19,20)12-5-3-2-4-11(12)13(14,15)16;/h2-5,10,17H,6-9H2,1H3;1H. The molecule has 0 radical (unpaired) electrons. The predicted octanol–water partition coefficient (Wildman–Crippen LogP) is 2.50. The summed E-state index contributed by atoms with van der Waals surface area (Å²) in [6.45, 7) is 1.32. The lowest BCUT2D eigenvalue weighted by molar-refractivity contribution is -0.139. The normalized spacial score (nSPS) is 17.3. The molecule has 0 unspecified atom stereocenters. The molecule has 0 aliphatic carbocycles. The van der Waals surface area contributed by atoms with E-state index in [1.807, 2.05) is 0 Å². The Kier molecular flexibility index (Phi) is 6.26. The molecule has 2 rings (SSSR count). The van der Waals surface area contributed by atoms with E-state index in [0.29, 0.717) is 25.9 Å². The number of hydrogen-bond acceptors (Lipinski definition) is 3. The fourth-order valence-corrected chi connectivity index (χ4v) is 4.07. The summed E-state index contributed by atoms with van der Waals surface area (Å²) in [6, 6.07) is 4.02. The molecule has 1 aliphatic heterocycles. The minimum absolute atomic E-state index is 0. The van der Waals surface area contributed by atoms with Gasteiger partial charge in [-0.25, -0.2) is 8.42 Å². The molecular formula is C13H18ClF3N2O2S. The second kappa shape index (κ2) is 7.16. The molecule has 0 aromatic heterocycles. The number of sulfonamides is 1. The van der Waals surface area contributed by atoms with Crippen LogP contribution in [0.4, 0.5) is 13.2 Å². The molecule has 0 amide bonds. The first-order valence-corrected chi connectivity index (χ1v) is 8.03. The van der Waals surface area contributed by atoms with Crippen LogP contribution in [0.15, 0.2) is 29.2 Å². The minimum Gasteiger partial charge on any atom is -0.317 e. The number of benzene rings is 1. The minimum atomic E-state index is -4.70. The van der Waals surface area contributed by atoms with Gasteiger partial charge in [0, 0.05) is 13.1 Å². The van der Waals surface area contributed by atoms with Crippen LogP contribution in [0, 0.1) is 0 Å². The molecule has 0 atom stereocenters. The highest BCUT2D eigenvalue weighted by atomic mass is 35.5. The fourth-order valence-electron chi connectivity index (χ4n) is 2.45. The maximum absolute atomic E-state index is 13.0. The number of rotatable bonds is 3. The zero-order valence-corrected chi connectivity index (χ0v) is 13.6. The average Bonchev–Trinajstić information content (AvgIpc) is 2.46. The maximum atomic E-state index is 13.0. The molecule has 4 nitrogen and oxygen atoms in total. The molecule has 1 aromatic carbocycles. The Balaban J connectivity index is 0.00000242. The largest absolute Gasteiger partial charge is 0.417 e. The number of nitrogens with zero attached hydrogens (tertiary/aromatic N) is 1. The lowest BCUT2D eigenvalue weighted by Gasteiger charge is -2.31. The highest BCUT2D eigenvalue weighted by Crippen LogP contribution is 2.35. The Labute approximate surface area is 134 Å². The molecule has 1 N–H and O–H groups in total. The van der Waals surface area contributed by atoms with Crippen molar-refractivity contribution in [3.63, 3.8) is 0 Å². The SMILES string of the molecule is CN(C1CCNCC1)S(=O)(=O)c1ccccc1C(F)(F)F.Cl. The van der Waals surface area contributed by atoms with Gasteiger partial charge in [-0.3, -0.25) is 0 Å². The van der Waals surface area contributed by atoms with Gasteiger partial charge in [-0.1, -0.05) is 12.1 Å². The van der Waals surface area contributed by atoms with Gasteiger partial charge in [0.1, 0.15) is 0 Å². The highest BCUT2D eigenvalue weighted by Gasteiger charge is 2.39. The summed E-state index contributed by atoms with van der Waals surface area (Å²) in [5.74, 6) is 0. The number of halogens is 4. The second-order valence-corrected chi connectivity index (χ2v) is 6.96. The second-order valence-electron chi connectivity index (χ2n) is 5.00. The van der Waals surface area contributed by atoms with Gasteiger partial charge in [-0.05, 0) is 38.1 Å². The van der Waals surface area contributed by atoms with Gasteiger partial charge in [-0.2, -0.15) is 17.5 Å². The first-order valence-electron chi connectivity index (χ1n) is 6.59.